The predicted octanol–water partition coefficient (Wildman–Crippen LogP) is 4.97. The summed E-state index contributed by atoms with van der Waals surface area (Å²) in [6.07, 6.45) is 1.73. The van der Waals surface area contributed by atoms with Crippen LogP contribution in [0, 0.1) is 11.6 Å². The van der Waals surface area contributed by atoms with Gasteiger partial charge in [0.15, 0.2) is 11.6 Å². The lowest BCUT2D eigenvalue weighted by molar-refractivity contribution is -0.121. The van der Waals surface area contributed by atoms with E-state index in [4.69, 9.17) is 11.6 Å². The van der Waals surface area contributed by atoms with Crippen molar-refractivity contribution in [1.29, 1.82) is 0 Å². The molecule has 0 spiro atoms. The summed E-state index contributed by atoms with van der Waals surface area (Å²) in [5, 5.41) is 5.67. The Hall–Kier alpha value is -3.70. The molecule has 3 aromatic carbocycles. The highest BCUT2D eigenvalue weighted by atomic mass is 35.5. The molecule has 0 bridgehead atoms. The number of amides is 3. The van der Waals surface area contributed by atoms with Gasteiger partial charge in [-0.15, -0.1) is 0 Å². The normalized spacial score (nSPS) is 15.8. The van der Waals surface area contributed by atoms with Crippen LogP contribution in [-0.4, -0.2) is 39.2 Å². The second kappa shape index (κ2) is 10.7. The van der Waals surface area contributed by atoms with Gasteiger partial charge in [0, 0.05) is 28.4 Å². The maximum atomic E-state index is 15.3. The molecule has 37 heavy (non-hydrogen) atoms. The van der Waals surface area contributed by atoms with Crippen LogP contribution in [0.4, 0.5) is 30.6 Å². The molecule has 12 heteroatoms. The van der Waals surface area contributed by atoms with Crippen molar-refractivity contribution in [1.82, 2.24) is 5.32 Å². The molecule has 0 radical (unpaired) electrons. The van der Waals surface area contributed by atoms with Crippen LogP contribution in [0.5, 0.6) is 0 Å². The van der Waals surface area contributed by atoms with Gasteiger partial charge in [-0.25, -0.2) is 22.0 Å². The van der Waals surface area contributed by atoms with Crippen molar-refractivity contribution in [3.8, 4) is 11.1 Å². The number of piperidine rings is 1. The molecule has 194 valence electrons. The number of carbonyl (C=O) groups is 2. The van der Waals surface area contributed by atoms with Crippen molar-refractivity contribution >= 4 is 50.6 Å². The van der Waals surface area contributed by atoms with E-state index >= 15 is 8.78 Å². The first-order valence-electron chi connectivity index (χ1n) is 11.2. The van der Waals surface area contributed by atoms with E-state index in [1.165, 1.54) is 24.3 Å². The maximum absolute atomic E-state index is 15.3. The van der Waals surface area contributed by atoms with E-state index in [1.807, 2.05) is 0 Å². The molecule has 0 aliphatic carbocycles. The molecule has 1 saturated heterocycles. The predicted molar refractivity (Wildman–Crippen MR) is 139 cm³/mol. The first kappa shape index (κ1) is 26.4. The highest BCUT2D eigenvalue weighted by Gasteiger charge is 2.33. The van der Waals surface area contributed by atoms with Crippen LogP contribution in [0.3, 0.4) is 0 Å². The zero-order valence-corrected chi connectivity index (χ0v) is 21.2. The average Bonchev–Trinajstić information content (AvgIpc) is 2.83. The van der Waals surface area contributed by atoms with E-state index in [-0.39, 0.29) is 29.0 Å². The second-order valence-corrected chi connectivity index (χ2v) is 10.7. The summed E-state index contributed by atoms with van der Waals surface area (Å²) in [7, 11) is -3.67. The smallest absolute Gasteiger partial charge is 0.319 e. The van der Waals surface area contributed by atoms with Crippen LogP contribution in [0.2, 0.25) is 5.02 Å². The molecule has 3 amide bonds. The number of para-hydroxylation sites is 1. The van der Waals surface area contributed by atoms with Crippen LogP contribution < -0.4 is 20.3 Å². The van der Waals surface area contributed by atoms with Gasteiger partial charge >= 0.3 is 6.03 Å². The number of carbonyl (C=O) groups excluding carboxylic acids is 2. The van der Waals surface area contributed by atoms with Gasteiger partial charge < -0.3 is 15.5 Å². The minimum atomic E-state index is -3.67. The number of hydrogen-bond donors (Lipinski definition) is 3. The molecule has 4 rings (SSSR count). The minimum absolute atomic E-state index is 0.0843. The molecule has 1 heterocycles. The molecule has 1 aliphatic rings. The molecular formula is C25H23ClF2N4O4S. The number of nitrogens with zero attached hydrogens (tertiary/aromatic N) is 1. The van der Waals surface area contributed by atoms with Gasteiger partial charge in [-0.3, -0.25) is 9.52 Å². The van der Waals surface area contributed by atoms with Crippen molar-refractivity contribution in [2.45, 2.75) is 18.9 Å². The Bertz CT molecular complexity index is 1450. The van der Waals surface area contributed by atoms with Gasteiger partial charge in [0.25, 0.3) is 0 Å². The summed E-state index contributed by atoms with van der Waals surface area (Å²) in [6.45, 7) is 0.137. The second-order valence-electron chi connectivity index (χ2n) is 8.47. The zero-order chi connectivity index (χ0) is 26.7. The Labute approximate surface area is 217 Å². The molecule has 1 aliphatic heterocycles. The quantitative estimate of drug-likeness (QED) is 0.404. The van der Waals surface area contributed by atoms with Crippen LogP contribution >= 0.6 is 11.6 Å². The number of urea groups is 1. The Kier molecular flexibility index (Phi) is 7.65. The third kappa shape index (κ3) is 6.17. The van der Waals surface area contributed by atoms with Crippen molar-refractivity contribution in [2.75, 3.05) is 27.7 Å². The summed E-state index contributed by atoms with van der Waals surface area (Å²) in [5.41, 5.74) is 0.246. The fourth-order valence-electron chi connectivity index (χ4n) is 4.07. The largest absolute Gasteiger partial charge is 0.326 e. The third-order valence-corrected chi connectivity index (χ3v) is 6.55. The Morgan fingerprint density at radius 2 is 1.70 bits per heavy atom. The van der Waals surface area contributed by atoms with Crippen molar-refractivity contribution in [3.05, 3.63) is 77.3 Å². The van der Waals surface area contributed by atoms with Crippen LogP contribution in [0.15, 0.2) is 60.7 Å². The van der Waals surface area contributed by atoms with Crippen LogP contribution in [0.1, 0.15) is 12.8 Å². The van der Waals surface area contributed by atoms with E-state index < -0.39 is 39.6 Å². The van der Waals surface area contributed by atoms with Crippen LogP contribution in [0.25, 0.3) is 11.1 Å². The average molecular weight is 549 g/mol. The molecule has 1 fully saturated rings. The van der Waals surface area contributed by atoms with Crippen molar-refractivity contribution in [3.63, 3.8) is 0 Å². The lowest BCUT2D eigenvalue weighted by atomic mass is 10.00. The van der Waals surface area contributed by atoms with Gasteiger partial charge in [-0.2, -0.15) is 0 Å². The molecular weight excluding hydrogens is 526 g/mol. The van der Waals surface area contributed by atoms with E-state index in [1.54, 1.807) is 36.4 Å². The zero-order valence-electron chi connectivity index (χ0n) is 19.6. The summed E-state index contributed by atoms with van der Waals surface area (Å²) >= 11 is 5.84. The van der Waals surface area contributed by atoms with E-state index in [2.05, 4.69) is 15.4 Å². The van der Waals surface area contributed by atoms with Gasteiger partial charge in [-0.05, 0) is 55.3 Å². The monoisotopic (exact) mass is 548 g/mol. The lowest BCUT2D eigenvalue weighted by Crippen LogP contribution is -2.53. The summed E-state index contributed by atoms with van der Waals surface area (Å²) in [6, 6.07) is 13.4. The van der Waals surface area contributed by atoms with Gasteiger partial charge in [0.1, 0.15) is 6.04 Å². The molecule has 3 aromatic rings. The highest BCUT2D eigenvalue weighted by molar-refractivity contribution is 7.92. The van der Waals surface area contributed by atoms with Gasteiger partial charge in [0.2, 0.25) is 15.9 Å². The number of anilines is 3. The molecule has 1 atom stereocenters. The van der Waals surface area contributed by atoms with E-state index in [0.29, 0.717) is 23.6 Å². The minimum Gasteiger partial charge on any atom is -0.326 e. The molecule has 0 saturated carbocycles. The molecule has 0 aromatic heterocycles. The Balaban J connectivity index is 1.55. The molecule has 8 nitrogen and oxygen atoms in total. The molecule has 0 unspecified atom stereocenters. The first-order valence-corrected chi connectivity index (χ1v) is 13.5. The summed E-state index contributed by atoms with van der Waals surface area (Å²) < 4.78 is 56.2. The number of benzene rings is 3. The SMILES string of the molecule is CS(=O)(=O)Nc1ccccc1-c1ccc(N2CCC[C@@H](NC(=O)Nc3ccc(Cl)cc3)C2=O)c(F)c1F. The van der Waals surface area contributed by atoms with E-state index in [9.17, 15) is 18.0 Å². The van der Waals surface area contributed by atoms with Gasteiger partial charge in [0.05, 0.1) is 17.6 Å². The fraction of sp³-hybridized carbons (Fsp3) is 0.200. The first-order chi connectivity index (χ1) is 17.5. The summed E-state index contributed by atoms with van der Waals surface area (Å²) in [5.74, 6) is -3.07. The topological polar surface area (TPSA) is 108 Å². The van der Waals surface area contributed by atoms with Crippen molar-refractivity contribution < 1.29 is 26.8 Å². The Morgan fingerprint density at radius 1 is 1.00 bits per heavy atom. The highest BCUT2D eigenvalue weighted by Crippen LogP contribution is 2.35. The standard InChI is InChI=1S/C25H23ClF2N4O4S/c1-37(35,36)31-19-6-3-2-5-17(19)18-12-13-21(23(28)22(18)27)32-14-4-7-20(24(32)33)30-25(34)29-16-10-8-15(26)9-11-16/h2-3,5-6,8-13,20,31H,4,7,14H2,1H3,(H2,29,30,34)/t20-/m1/s1. The fourth-order valence-corrected chi connectivity index (χ4v) is 4.77. The van der Waals surface area contributed by atoms with E-state index in [0.717, 1.165) is 11.2 Å². The number of rotatable bonds is 6. The number of sulfonamides is 1. The van der Waals surface area contributed by atoms with Gasteiger partial charge in [-0.1, -0.05) is 29.8 Å². The van der Waals surface area contributed by atoms with Crippen LogP contribution in [-0.2, 0) is 14.8 Å². The molecule has 3 N–H and O–H groups in total. The maximum Gasteiger partial charge on any atom is 0.319 e. The third-order valence-electron chi connectivity index (χ3n) is 5.71. The Morgan fingerprint density at radius 3 is 2.41 bits per heavy atom. The number of nitrogens with one attached hydrogen (secondary N) is 3. The number of hydrogen-bond acceptors (Lipinski definition) is 4. The number of halogens is 3. The van der Waals surface area contributed by atoms with Crippen molar-refractivity contribution in [2.24, 2.45) is 0 Å². The lowest BCUT2D eigenvalue weighted by Gasteiger charge is -2.33. The summed E-state index contributed by atoms with van der Waals surface area (Å²) in [4.78, 5) is 26.6.